The molecule has 2 fully saturated rings. The second-order valence-corrected chi connectivity index (χ2v) is 6.21. The number of likely N-dealkylation sites (tertiary alicyclic amines) is 1. The van der Waals surface area contributed by atoms with Gasteiger partial charge < -0.3 is 14.3 Å². The van der Waals surface area contributed by atoms with Gasteiger partial charge in [0, 0.05) is 30.5 Å². The molecule has 0 aliphatic carbocycles. The molecule has 0 radical (unpaired) electrons. The Morgan fingerprint density at radius 3 is 2.57 bits per heavy atom. The van der Waals surface area contributed by atoms with E-state index >= 15 is 0 Å². The van der Waals surface area contributed by atoms with Gasteiger partial charge in [0.25, 0.3) is 0 Å². The van der Waals surface area contributed by atoms with Gasteiger partial charge in [0.05, 0.1) is 19.8 Å². The van der Waals surface area contributed by atoms with Crippen molar-refractivity contribution < 1.29 is 19.1 Å². The maximum atomic E-state index is 11.5. The van der Waals surface area contributed by atoms with Crippen molar-refractivity contribution in [2.45, 2.75) is 6.54 Å². The predicted octanol–water partition coefficient (Wildman–Crippen LogP) is 2.12. The number of nitrogens with zero attached hydrogens (tertiary/aromatic N) is 2. The summed E-state index contributed by atoms with van der Waals surface area (Å²) in [7, 11) is 0. The van der Waals surface area contributed by atoms with Crippen molar-refractivity contribution in [2.75, 3.05) is 26.3 Å². The molecule has 0 unspecified atom stereocenters. The molecule has 1 aromatic heterocycles. The third-order valence-electron chi connectivity index (χ3n) is 4.60. The van der Waals surface area contributed by atoms with Gasteiger partial charge in [-0.2, -0.15) is 0 Å². The Morgan fingerprint density at radius 1 is 1.22 bits per heavy atom. The maximum Gasteiger partial charge on any atom is 0.358 e. The summed E-state index contributed by atoms with van der Waals surface area (Å²) in [5, 5.41) is 9.40. The molecular weight excluding hydrogens is 296 g/mol. The van der Waals surface area contributed by atoms with Crippen LogP contribution in [0, 0.1) is 11.8 Å². The van der Waals surface area contributed by atoms with Gasteiger partial charge in [-0.1, -0.05) is 18.2 Å². The van der Waals surface area contributed by atoms with Crippen molar-refractivity contribution in [1.82, 2.24) is 9.88 Å². The number of hydrogen-bond acceptors (Lipinski definition) is 5. The molecule has 6 nitrogen and oxygen atoms in total. The van der Waals surface area contributed by atoms with Gasteiger partial charge in [0.2, 0.25) is 5.89 Å². The number of aromatic carboxylic acids is 1. The lowest BCUT2D eigenvalue weighted by Gasteiger charge is -2.15. The summed E-state index contributed by atoms with van der Waals surface area (Å²) in [4.78, 5) is 17.9. The van der Waals surface area contributed by atoms with Crippen LogP contribution in [0.2, 0.25) is 0 Å². The highest BCUT2D eigenvalue weighted by Gasteiger charge is 2.38. The van der Waals surface area contributed by atoms with E-state index in [0.29, 0.717) is 30.0 Å². The molecule has 2 saturated heterocycles. The Balaban J connectivity index is 1.58. The number of oxazole rings is 1. The minimum atomic E-state index is -1.05. The summed E-state index contributed by atoms with van der Waals surface area (Å²) in [5.41, 5.74) is 0.796. The average Bonchev–Trinajstić information content (AvgIpc) is 3.22. The molecule has 120 valence electrons. The van der Waals surface area contributed by atoms with Crippen LogP contribution in [-0.2, 0) is 11.3 Å². The van der Waals surface area contributed by atoms with Crippen LogP contribution in [0.25, 0.3) is 11.5 Å². The van der Waals surface area contributed by atoms with Crippen LogP contribution in [0.3, 0.4) is 0 Å². The summed E-state index contributed by atoms with van der Waals surface area (Å²) in [6.45, 7) is 3.93. The van der Waals surface area contributed by atoms with Gasteiger partial charge in [-0.3, -0.25) is 4.90 Å². The molecule has 6 heteroatoms. The van der Waals surface area contributed by atoms with Crippen molar-refractivity contribution in [2.24, 2.45) is 11.8 Å². The van der Waals surface area contributed by atoms with Crippen molar-refractivity contribution >= 4 is 5.97 Å². The van der Waals surface area contributed by atoms with E-state index in [1.165, 1.54) is 0 Å². The number of rotatable bonds is 4. The Labute approximate surface area is 133 Å². The fraction of sp³-hybridized carbons (Fsp3) is 0.412. The smallest absolute Gasteiger partial charge is 0.358 e. The second kappa shape index (κ2) is 5.79. The topological polar surface area (TPSA) is 75.8 Å². The normalized spacial score (nSPS) is 24.0. The first-order chi connectivity index (χ1) is 11.2. The average molecular weight is 314 g/mol. The van der Waals surface area contributed by atoms with Crippen LogP contribution < -0.4 is 0 Å². The molecule has 2 atom stereocenters. The van der Waals surface area contributed by atoms with Crippen LogP contribution in [-0.4, -0.2) is 47.3 Å². The first kappa shape index (κ1) is 14.4. The minimum absolute atomic E-state index is 0.0113. The van der Waals surface area contributed by atoms with Gasteiger partial charge in [0.1, 0.15) is 0 Å². The number of hydrogen-bond donors (Lipinski definition) is 1. The summed E-state index contributed by atoms with van der Waals surface area (Å²) >= 11 is 0. The highest BCUT2D eigenvalue weighted by atomic mass is 16.5. The van der Waals surface area contributed by atoms with Gasteiger partial charge in [-0.15, -0.1) is 0 Å². The number of carboxylic acid groups (broad SMARTS) is 1. The van der Waals surface area contributed by atoms with E-state index in [2.05, 4.69) is 9.88 Å². The molecule has 4 rings (SSSR count). The lowest BCUT2D eigenvalue weighted by Crippen LogP contribution is -2.23. The first-order valence-corrected chi connectivity index (χ1v) is 7.79. The van der Waals surface area contributed by atoms with E-state index in [0.717, 1.165) is 31.9 Å². The zero-order valence-corrected chi connectivity index (χ0v) is 12.6. The van der Waals surface area contributed by atoms with E-state index in [1.807, 2.05) is 30.3 Å². The largest absolute Gasteiger partial charge is 0.476 e. The number of carbonyl (C=O) groups is 1. The summed E-state index contributed by atoms with van der Waals surface area (Å²) in [5.74, 6) is 0.853. The molecule has 0 amide bonds. The molecule has 0 spiro atoms. The standard InChI is InChI=1S/C17H18N2O4/c20-17(21)15-14(8-19-6-12-9-22-10-13(12)7-19)23-16(18-15)11-4-2-1-3-5-11/h1-5,12-13H,6-10H2,(H,20,21)/t12-,13+. The number of fused-ring (bicyclic) bond motifs is 1. The zero-order valence-electron chi connectivity index (χ0n) is 12.6. The van der Waals surface area contributed by atoms with Crippen molar-refractivity contribution in [1.29, 1.82) is 0 Å². The first-order valence-electron chi connectivity index (χ1n) is 7.79. The quantitative estimate of drug-likeness (QED) is 0.931. The Kier molecular flexibility index (Phi) is 3.63. The minimum Gasteiger partial charge on any atom is -0.476 e. The van der Waals surface area contributed by atoms with Crippen LogP contribution in [0.5, 0.6) is 0 Å². The van der Waals surface area contributed by atoms with E-state index < -0.39 is 5.97 Å². The Morgan fingerprint density at radius 2 is 1.91 bits per heavy atom. The van der Waals surface area contributed by atoms with E-state index in [1.54, 1.807) is 0 Å². The zero-order chi connectivity index (χ0) is 15.8. The highest BCUT2D eigenvalue weighted by molar-refractivity contribution is 5.87. The molecule has 1 aromatic carbocycles. The molecule has 0 saturated carbocycles. The SMILES string of the molecule is O=C(O)c1nc(-c2ccccc2)oc1CN1C[C@H]2COC[C@H]2C1. The Bertz CT molecular complexity index is 701. The van der Waals surface area contributed by atoms with Crippen molar-refractivity contribution in [3.05, 3.63) is 41.8 Å². The molecule has 2 aromatic rings. The summed E-state index contributed by atoms with van der Waals surface area (Å²) < 4.78 is 11.3. The summed E-state index contributed by atoms with van der Waals surface area (Å²) in [6, 6.07) is 9.37. The monoisotopic (exact) mass is 314 g/mol. The number of ether oxygens (including phenoxy) is 1. The van der Waals surface area contributed by atoms with E-state index in [9.17, 15) is 9.90 Å². The molecule has 2 aliphatic rings. The second-order valence-electron chi connectivity index (χ2n) is 6.21. The third kappa shape index (κ3) is 2.75. The van der Waals surface area contributed by atoms with Gasteiger partial charge >= 0.3 is 5.97 Å². The molecular formula is C17H18N2O4. The van der Waals surface area contributed by atoms with E-state index in [4.69, 9.17) is 9.15 Å². The lowest BCUT2D eigenvalue weighted by atomic mass is 10.0. The number of benzene rings is 1. The maximum absolute atomic E-state index is 11.5. The third-order valence-corrected chi connectivity index (χ3v) is 4.60. The number of aromatic nitrogens is 1. The van der Waals surface area contributed by atoms with Crippen LogP contribution in [0.15, 0.2) is 34.7 Å². The fourth-order valence-corrected chi connectivity index (χ4v) is 3.45. The fourth-order valence-electron chi connectivity index (χ4n) is 3.45. The molecule has 3 heterocycles. The number of carboxylic acids is 1. The van der Waals surface area contributed by atoms with Crippen LogP contribution in [0.4, 0.5) is 0 Å². The van der Waals surface area contributed by atoms with Gasteiger partial charge in [0.15, 0.2) is 11.5 Å². The highest BCUT2D eigenvalue weighted by Crippen LogP contribution is 2.31. The lowest BCUT2D eigenvalue weighted by molar-refractivity contribution is 0.0686. The summed E-state index contributed by atoms with van der Waals surface area (Å²) in [6.07, 6.45) is 0. The van der Waals surface area contributed by atoms with Crippen molar-refractivity contribution in [3.8, 4) is 11.5 Å². The van der Waals surface area contributed by atoms with Gasteiger partial charge in [-0.05, 0) is 12.1 Å². The van der Waals surface area contributed by atoms with E-state index in [-0.39, 0.29) is 5.69 Å². The van der Waals surface area contributed by atoms with Crippen molar-refractivity contribution in [3.63, 3.8) is 0 Å². The molecule has 0 bridgehead atoms. The molecule has 1 N–H and O–H groups in total. The molecule has 23 heavy (non-hydrogen) atoms. The van der Waals surface area contributed by atoms with Crippen LogP contribution >= 0.6 is 0 Å². The van der Waals surface area contributed by atoms with Gasteiger partial charge in [-0.25, -0.2) is 9.78 Å². The van der Waals surface area contributed by atoms with Crippen LogP contribution in [0.1, 0.15) is 16.2 Å². The predicted molar refractivity (Wildman–Crippen MR) is 82.0 cm³/mol. The molecule has 2 aliphatic heterocycles. The Hall–Kier alpha value is -2.18.